The molecule has 0 bridgehead atoms. The zero-order valence-corrected chi connectivity index (χ0v) is 8.66. The van der Waals surface area contributed by atoms with Gasteiger partial charge in [0.05, 0.1) is 13.2 Å². The van der Waals surface area contributed by atoms with E-state index in [0.29, 0.717) is 13.2 Å². The molecule has 14 heavy (non-hydrogen) atoms. The average molecular weight is 195 g/mol. The first-order valence-corrected chi connectivity index (χ1v) is 4.62. The number of hydrogen-bond acceptors (Lipinski definition) is 3. The third kappa shape index (κ3) is 4.25. The van der Waals surface area contributed by atoms with Gasteiger partial charge >= 0.3 is 0 Å². The van der Waals surface area contributed by atoms with Crippen LogP contribution in [-0.4, -0.2) is 17.3 Å². The summed E-state index contributed by atoms with van der Waals surface area (Å²) >= 11 is 0. The summed E-state index contributed by atoms with van der Waals surface area (Å²) in [6, 6.07) is 6.95. The molecule has 3 nitrogen and oxygen atoms in total. The maximum absolute atomic E-state index is 9.05. The first-order valence-electron chi connectivity index (χ1n) is 4.62. The summed E-state index contributed by atoms with van der Waals surface area (Å²) in [5.41, 5.74) is 6.50. The number of rotatable bonds is 4. The van der Waals surface area contributed by atoms with E-state index in [1.165, 1.54) is 0 Å². The highest BCUT2D eigenvalue weighted by atomic mass is 16.5. The molecule has 1 aromatic carbocycles. The Hall–Kier alpha value is -1.06. The lowest BCUT2D eigenvalue weighted by atomic mass is 10.1. The topological polar surface area (TPSA) is 55.5 Å². The van der Waals surface area contributed by atoms with Gasteiger partial charge in [0, 0.05) is 5.54 Å². The van der Waals surface area contributed by atoms with E-state index in [4.69, 9.17) is 15.6 Å². The van der Waals surface area contributed by atoms with Crippen LogP contribution in [0.3, 0.4) is 0 Å². The molecule has 0 spiro atoms. The normalized spacial score (nSPS) is 11.6. The lowest BCUT2D eigenvalue weighted by molar-refractivity contribution is 0.0851. The van der Waals surface area contributed by atoms with Gasteiger partial charge < -0.3 is 15.6 Å². The molecule has 3 N–H and O–H groups in total. The van der Waals surface area contributed by atoms with Crippen LogP contribution in [0, 0.1) is 0 Å². The van der Waals surface area contributed by atoms with E-state index < -0.39 is 0 Å². The van der Waals surface area contributed by atoms with Crippen molar-refractivity contribution < 1.29 is 9.84 Å². The Morgan fingerprint density at radius 3 is 2.36 bits per heavy atom. The highest BCUT2D eigenvalue weighted by Gasteiger charge is 2.09. The van der Waals surface area contributed by atoms with Gasteiger partial charge in [0.25, 0.3) is 0 Å². The number of phenols is 1. The molecule has 0 heterocycles. The van der Waals surface area contributed by atoms with Crippen LogP contribution < -0.4 is 5.73 Å². The summed E-state index contributed by atoms with van der Waals surface area (Å²) in [7, 11) is 0. The Morgan fingerprint density at radius 1 is 1.29 bits per heavy atom. The Labute approximate surface area is 84.5 Å². The number of hydrogen-bond donors (Lipinski definition) is 2. The van der Waals surface area contributed by atoms with E-state index in [0.717, 1.165) is 5.56 Å². The van der Waals surface area contributed by atoms with Crippen molar-refractivity contribution in [1.82, 2.24) is 0 Å². The molecular weight excluding hydrogens is 178 g/mol. The lowest BCUT2D eigenvalue weighted by Crippen LogP contribution is -2.37. The second kappa shape index (κ2) is 4.44. The molecule has 3 heteroatoms. The predicted molar refractivity (Wildman–Crippen MR) is 56.0 cm³/mol. The number of phenolic OH excluding ortho intramolecular Hbond substituents is 1. The standard InChI is InChI=1S/C11H17NO2/c1-11(2,12)8-14-7-9-3-5-10(13)6-4-9/h3-6,13H,7-8,12H2,1-2H3. The van der Waals surface area contributed by atoms with Crippen molar-refractivity contribution in [3.05, 3.63) is 29.8 Å². The number of benzene rings is 1. The van der Waals surface area contributed by atoms with Crippen LogP contribution in [-0.2, 0) is 11.3 Å². The average Bonchev–Trinajstić information content (AvgIpc) is 2.06. The highest BCUT2D eigenvalue weighted by Crippen LogP contribution is 2.10. The molecule has 1 rings (SSSR count). The van der Waals surface area contributed by atoms with Crippen LogP contribution in [0.2, 0.25) is 0 Å². The van der Waals surface area contributed by atoms with Crippen LogP contribution in [0.5, 0.6) is 5.75 Å². The van der Waals surface area contributed by atoms with Gasteiger partial charge in [0.15, 0.2) is 0 Å². The number of nitrogens with two attached hydrogens (primary N) is 1. The van der Waals surface area contributed by atoms with E-state index in [1.807, 2.05) is 26.0 Å². The van der Waals surface area contributed by atoms with Gasteiger partial charge in [-0.1, -0.05) is 12.1 Å². The summed E-state index contributed by atoms with van der Waals surface area (Å²) in [6.45, 7) is 4.89. The van der Waals surface area contributed by atoms with Gasteiger partial charge in [-0.3, -0.25) is 0 Å². The molecule has 0 unspecified atom stereocenters. The van der Waals surface area contributed by atoms with E-state index in [-0.39, 0.29) is 11.3 Å². The third-order valence-corrected chi connectivity index (χ3v) is 1.68. The SMILES string of the molecule is CC(C)(N)COCc1ccc(O)cc1. The monoisotopic (exact) mass is 195 g/mol. The summed E-state index contributed by atoms with van der Waals surface area (Å²) in [5.74, 6) is 0.271. The van der Waals surface area contributed by atoms with Crippen LogP contribution in [0.25, 0.3) is 0 Å². The summed E-state index contributed by atoms with van der Waals surface area (Å²) in [4.78, 5) is 0. The fourth-order valence-corrected chi connectivity index (χ4v) is 1.02. The second-order valence-electron chi connectivity index (χ2n) is 4.15. The van der Waals surface area contributed by atoms with Crippen molar-refractivity contribution in [1.29, 1.82) is 0 Å². The minimum absolute atomic E-state index is 0.271. The van der Waals surface area contributed by atoms with E-state index in [1.54, 1.807) is 12.1 Å². The second-order valence-corrected chi connectivity index (χ2v) is 4.15. The zero-order valence-electron chi connectivity index (χ0n) is 8.66. The highest BCUT2D eigenvalue weighted by molar-refractivity contribution is 5.25. The molecule has 0 atom stereocenters. The van der Waals surface area contributed by atoms with Crippen molar-refractivity contribution >= 4 is 0 Å². The van der Waals surface area contributed by atoms with Gasteiger partial charge in [-0.15, -0.1) is 0 Å². The first kappa shape index (κ1) is 11.0. The van der Waals surface area contributed by atoms with Crippen LogP contribution >= 0.6 is 0 Å². The van der Waals surface area contributed by atoms with Crippen molar-refractivity contribution in [2.24, 2.45) is 5.73 Å². The molecule has 0 aromatic heterocycles. The fourth-order valence-electron chi connectivity index (χ4n) is 1.02. The largest absolute Gasteiger partial charge is 0.508 e. The number of ether oxygens (including phenoxy) is 1. The van der Waals surface area contributed by atoms with Gasteiger partial charge in [0.2, 0.25) is 0 Å². The van der Waals surface area contributed by atoms with Gasteiger partial charge in [-0.25, -0.2) is 0 Å². The van der Waals surface area contributed by atoms with Crippen LogP contribution in [0.1, 0.15) is 19.4 Å². The first-order chi connectivity index (χ1) is 6.47. The van der Waals surface area contributed by atoms with Crippen molar-refractivity contribution in [2.75, 3.05) is 6.61 Å². The molecule has 0 amide bonds. The maximum Gasteiger partial charge on any atom is 0.115 e. The van der Waals surface area contributed by atoms with Crippen LogP contribution in [0.4, 0.5) is 0 Å². The molecule has 0 aliphatic rings. The smallest absolute Gasteiger partial charge is 0.115 e. The summed E-state index contributed by atoms with van der Waals surface area (Å²) in [5, 5.41) is 9.05. The molecule has 0 saturated heterocycles. The Kier molecular flexibility index (Phi) is 3.49. The quantitative estimate of drug-likeness (QED) is 0.768. The molecule has 0 radical (unpaired) electrons. The Morgan fingerprint density at radius 2 is 1.86 bits per heavy atom. The summed E-state index contributed by atoms with van der Waals surface area (Å²) < 4.78 is 5.42. The van der Waals surface area contributed by atoms with Gasteiger partial charge in [-0.2, -0.15) is 0 Å². The molecule has 0 aliphatic carbocycles. The van der Waals surface area contributed by atoms with Crippen molar-refractivity contribution in [2.45, 2.75) is 26.0 Å². The predicted octanol–water partition coefficient (Wildman–Crippen LogP) is 1.65. The molecule has 78 valence electrons. The molecule has 0 fully saturated rings. The molecular formula is C11H17NO2. The fraction of sp³-hybridized carbons (Fsp3) is 0.455. The zero-order chi connectivity index (χ0) is 10.6. The molecule has 0 saturated carbocycles. The number of aromatic hydroxyl groups is 1. The molecule has 1 aromatic rings. The minimum Gasteiger partial charge on any atom is -0.508 e. The maximum atomic E-state index is 9.05. The van der Waals surface area contributed by atoms with E-state index in [2.05, 4.69) is 0 Å². The van der Waals surface area contributed by atoms with E-state index in [9.17, 15) is 0 Å². The van der Waals surface area contributed by atoms with Crippen molar-refractivity contribution in [3.63, 3.8) is 0 Å². The van der Waals surface area contributed by atoms with Crippen molar-refractivity contribution in [3.8, 4) is 5.75 Å². The van der Waals surface area contributed by atoms with Crippen LogP contribution in [0.15, 0.2) is 24.3 Å². The third-order valence-electron chi connectivity index (χ3n) is 1.68. The summed E-state index contributed by atoms with van der Waals surface area (Å²) in [6.07, 6.45) is 0. The minimum atomic E-state index is -0.295. The lowest BCUT2D eigenvalue weighted by Gasteiger charge is -2.18. The van der Waals surface area contributed by atoms with E-state index >= 15 is 0 Å². The Balaban J connectivity index is 2.35. The van der Waals surface area contributed by atoms with Gasteiger partial charge in [0.1, 0.15) is 5.75 Å². The Bertz CT molecular complexity index is 274. The van der Waals surface area contributed by atoms with Gasteiger partial charge in [-0.05, 0) is 31.5 Å². The molecule has 0 aliphatic heterocycles.